The lowest BCUT2D eigenvalue weighted by Gasteiger charge is -2.17. The molecule has 0 aliphatic heterocycles. The molecular formula is C23H22N2O7S. The van der Waals surface area contributed by atoms with Crippen LogP contribution in [0, 0.1) is 10.1 Å². The van der Waals surface area contributed by atoms with Gasteiger partial charge in [-0.05, 0) is 55.0 Å². The maximum Gasteiger partial charge on any atom is 0.270 e. The predicted octanol–water partition coefficient (Wildman–Crippen LogP) is 4.29. The third-order valence-electron chi connectivity index (χ3n) is 4.86. The Morgan fingerprint density at radius 3 is 2.15 bits per heavy atom. The molecule has 0 aromatic heterocycles. The van der Waals surface area contributed by atoms with Gasteiger partial charge in [0.05, 0.1) is 28.5 Å². The van der Waals surface area contributed by atoms with Crippen LogP contribution in [0.2, 0.25) is 0 Å². The van der Waals surface area contributed by atoms with Crippen LogP contribution in [0.3, 0.4) is 0 Å². The zero-order chi connectivity index (χ0) is 24.2. The summed E-state index contributed by atoms with van der Waals surface area (Å²) in [6, 6.07) is 16.0. The summed E-state index contributed by atoms with van der Waals surface area (Å²) in [6.45, 7) is 1.72. The number of nitro benzene ring substituents is 1. The van der Waals surface area contributed by atoms with Gasteiger partial charge in [-0.1, -0.05) is 12.1 Å². The zero-order valence-corrected chi connectivity index (χ0v) is 19.0. The Labute approximate surface area is 191 Å². The third-order valence-corrected chi connectivity index (χ3v) is 5.99. The number of hydrogen-bond donors (Lipinski definition) is 1. The molecule has 0 saturated heterocycles. The van der Waals surface area contributed by atoms with Gasteiger partial charge in [-0.25, -0.2) is 8.42 Å². The van der Waals surface area contributed by atoms with E-state index < -0.39 is 26.7 Å². The average molecular weight is 471 g/mol. The second-order valence-electron chi connectivity index (χ2n) is 7.25. The van der Waals surface area contributed by atoms with Crippen molar-refractivity contribution in [3.8, 4) is 17.2 Å². The molecule has 9 nitrogen and oxygen atoms in total. The van der Waals surface area contributed by atoms with Crippen molar-refractivity contribution in [2.24, 2.45) is 0 Å². The molecule has 3 aromatic carbocycles. The van der Waals surface area contributed by atoms with Crippen LogP contribution in [-0.2, 0) is 9.84 Å². The number of nitrogens with one attached hydrogen (secondary N) is 1. The Morgan fingerprint density at radius 1 is 1.00 bits per heavy atom. The van der Waals surface area contributed by atoms with Crippen LogP contribution < -0.4 is 14.8 Å². The van der Waals surface area contributed by atoms with Crippen LogP contribution in [0.5, 0.6) is 17.2 Å². The first-order valence-corrected chi connectivity index (χ1v) is 11.7. The summed E-state index contributed by atoms with van der Waals surface area (Å²) in [5, 5.41) is 14.0. The monoisotopic (exact) mass is 470 g/mol. The second kappa shape index (κ2) is 9.70. The molecular weight excluding hydrogens is 448 g/mol. The summed E-state index contributed by atoms with van der Waals surface area (Å²) in [7, 11) is -1.81. The minimum Gasteiger partial charge on any atom is -0.497 e. The molecule has 33 heavy (non-hydrogen) atoms. The van der Waals surface area contributed by atoms with Gasteiger partial charge in [-0.3, -0.25) is 14.9 Å². The van der Waals surface area contributed by atoms with Crippen LogP contribution in [0.25, 0.3) is 0 Å². The van der Waals surface area contributed by atoms with Crippen LogP contribution in [0.4, 0.5) is 5.69 Å². The highest BCUT2D eigenvalue weighted by atomic mass is 32.2. The maximum atomic E-state index is 13.0. The Hall–Kier alpha value is -3.92. The highest BCUT2D eigenvalue weighted by Gasteiger charge is 2.21. The quantitative estimate of drug-likeness (QED) is 0.384. The van der Waals surface area contributed by atoms with Gasteiger partial charge in [0, 0.05) is 18.4 Å². The number of carbonyl (C=O) groups is 1. The topological polar surface area (TPSA) is 125 Å². The summed E-state index contributed by atoms with van der Waals surface area (Å²) in [5.41, 5.74) is 0.394. The minimum absolute atomic E-state index is 0.0142. The average Bonchev–Trinajstić information content (AvgIpc) is 2.79. The molecule has 3 aromatic rings. The largest absolute Gasteiger partial charge is 0.497 e. The molecule has 1 N–H and O–H groups in total. The number of nitrogens with zero attached hydrogens (tertiary/aromatic N) is 1. The minimum atomic E-state index is -3.34. The summed E-state index contributed by atoms with van der Waals surface area (Å²) in [6.07, 6.45) is 1.11. The van der Waals surface area contributed by atoms with E-state index in [9.17, 15) is 23.3 Å². The maximum absolute atomic E-state index is 13.0. The Morgan fingerprint density at radius 2 is 1.61 bits per heavy atom. The Kier molecular flexibility index (Phi) is 6.98. The van der Waals surface area contributed by atoms with Crippen LogP contribution in [0.15, 0.2) is 71.6 Å². The number of benzene rings is 3. The van der Waals surface area contributed by atoms with Gasteiger partial charge >= 0.3 is 0 Å². The molecule has 10 heteroatoms. The van der Waals surface area contributed by atoms with Crippen LogP contribution >= 0.6 is 0 Å². The molecule has 1 amide bonds. The Balaban J connectivity index is 1.86. The van der Waals surface area contributed by atoms with E-state index in [0.717, 1.165) is 12.3 Å². The number of rotatable bonds is 8. The lowest BCUT2D eigenvalue weighted by atomic mass is 10.1. The summed E-state index contributed by atoms with van der Waals surface area (Å²) < 4.78 is 34.2. The first kappa shape index (κ1) is 23.7. The molecule has 0 saturated carbocycles. The molecule has 172 valence electrons. The first-order chi connectivity index (χ1) is 15.6. The number of amides is 1. The molecule has 0 bridgehead atoms. The van der Waals surface area contributed by atoms with Gasteiger partial charge in [-0.15, -0.1) is 0 Å². The van der Waals surface area contributed by atoms with Crippen molar-refractivity contribution < 1.29 is 27.6 Å². The highest BCUT2D eigenvalue weighted by Crippen LogP contribution is 2.30. The zero-order valence-electron chi connectivity index (χ0n) is 18.1. The number of hydrogen-bond acceptors (Lipinski definition) is 7. The van der Waals surface area contributed by atoms with Crippen molar-refractivity contribution in [1.29, 1.82) is 0 Å². The van der Waals surface area contributed by atoms with Crippen molar-refractivity contribution >= 4 is 21.4 Å². The Bertz CT molecular complexity index is 1270. The molecule has 0 fully saturated rings. The number of carbonyl (C=O) groups excluding carboxylic acids is 1. The van der Waals surface area contributed by atoms with Gasteiger partial charge in [-0.2, -0.15) is 0 Å². The van der Waals surface area contributed by atoms with Crippen molar-refractivity contribution in [2.75, 3.05) is 13.4 Å². The van der Waals surface area contributed by atoms with Gasteiger partial charge in [0.2, 0.25) is 0 Å². The van der Waals surface area contributed by atoms with E-state index >= 15 is 0 Å². The first-order valence-electron chi connectivity index (χ1n) is 9.79. The molecule has 0 spiro atoms. The molecule has 0 aliphatic carbocycles. The van der Waals surface area contributed by atoms with E-state index in [0.29, 0.717) is 17.1 Å². The van der Waals surface area contributed by atoms with Crippen molar-refractivity contribution in [3.05, 3.63) is 88.0 Å². The molecule has 0 aliphatic rings. The predicted molar refractivity (Wildman–Crippen MR) is 122 cm³/mol. The normalized spacial score (nSPS) is 12.0. The highest BCUT2D eigenvalue weighted by molar-refractivity contribution is 7.90. The van der Waals surface area contributed by atoms with E-state index in [1.54, 1.807) is 43.3 Å². The van der Waals surface area contributed by atoms with Gasteiger partial charge < -0.3 is 14.8 Å². The van der Waals surface area contributed by atoms with Crippen molar-refractivity contribution in [3.63, 3.8) is 0 Å². The third kappa shape index (κ3) is 5.86. The van der Waals surface area contributed by atoms with Crippen molar-refractivity contribution in [1.82, 2.24) is 5.32 Å². The molecule has 3 rings (SSSR count). The van der Waals surface area contributed by atoms with E-state index in [4.69, 9.17) is 9.47 Å². The van der Waals surface area contributed by atoms with Crippen molar-refractivity contribution in [2.45, 2.75) is 17.9 Å². The SMILES string of the molecule is COc1ccc(Oc2ccc([N+](=O)[O-])cc2C(=O)NC(C)c2ccc(S(C)(=O)=O)cc2)cc1. The van der Waals surface area contributed by atoms with Crippen LogP contribution in [-0.4, -0.2) is 32.6 Å². The lowest BCUT2D eigenvalue weighted by molar-refractivity contribution is -0.384. The summed E-state index contributed by atoms with van der Waals surface area (Å²) >= 11 is 0. The van der Waals surface area contributed by atoms with E-state index in [1.165, 1.54) is 31.4 Å². The molecule has 1 unspecified atom stereocenters. The number of ether oxygens (including phenoxy) is 2. The van der Waals surface area contributed by atoms with E-state index in [2.05, 4.69) is 5.32 Å². The molecule has 0 radical (unpaired) electrons. The summed E-state index contributed by atoms with van der Waals surface area (Å²) in [5.74, 6) is 0.604. The molecule has 0 heterocycles. The van der Waals surface area contributed by atoms with Gasteiger partial charge in [0.25, 0.3) is 11.6 Å². The number of nitro groups is 1. The number of sulfone groups is 1. The fourth-order valence-corrected chi connectivity index (χ4v) is 3.66. The fourth-order valence-electron chi connectivity index (χ4n) is 3.03. The van der Waals surface area contributed by atoms with E-state index in [1.807, 2.05) is 0 Å². The fraction of sp³-hybridized carbons (Fsp3) is 0.174. The van der Waals surface area contributed by atoms with Gasteiger partial charge in [0.1, 0.15) is 17.2 Å². The van der Waals surface area contributed by atoms with Crippen LogP contribution in [0.1, 0.15) is 28.9 Å². The summed E-state index contributed by atoms with van der Waals surface area (Å²) in [4.78, 5) is 23.8. The number of non-ortho nitro benzene ring substituents is 1. The number of methoxy groups -OCH3 is 1. The lowest BCUT2D eigenvalue weighted by Crippen LogP contribution is -2.27. The van der Waals surface area contributed by atoms with E-state index in [-0.39, 0.29) is 21.9 Å². The standard InChI is InChI=1S/C23H22N2O7S/c1-15(16-4-11-20(12-5-16)33(3,29)30)24-23(26)21-14-17(25(27)28)6-13-22(21)32-19-9-7-18(31-2)8-10-19/h4-15H,1-3H3,(H,24,26). The van der Waals surface area contributed by atoms with Gasteiger partial charge in [0.15, 0.2) is 9.84 Å². The molecule has 1 atom stereocenters. The smallest absolute Gasteiger partial charge is 0.270 e. The second-order valence-corrected chi connectivity index (χ2v) is 9.27.